The Labute approximate surface area is 180 Å². The van der Waals surface area contributed by atoms with Crippen molar-refractivity contribution in [3.63, 3.8) is 0 Å². The summed E-state index contributed by atoms with van der Waals surface area (Å²) in [7, 11) is 0. The van der Waals surface area contributed by atoms with Crippen molar-refractivity contribution in [2.45, 2.75) is 90.8 Å². The van der Waals surface area contributed by atoms with E-state index in [1.165, 1.54) is 5.57 Å². The van der Waals surface area contributed by atoms with Crippen LogP contribution in [0.4, 0.5) is 0 Å². The maximum Gasteiger partial charge on any atom is 0.193 e. The Kier molecular flexibility index (Phi) is 5.58. The number of hydrogen-bond donors (Lipinski definition) is 2. The van der Waals surface area contributed by atoms with Crippen molar-refractivity contribution in [3.8, 4) is 0 Å². The lowest BCUT2D eigenvalue weighted by Gasteiger charge is -2.60. The third-order valence-electron chi connectivity index (χ3n) is 9.07. The molecule has 0 aromatic rings. The second kappa shape index (κ2) is 7.54. The average molecular weight is 419 g/mol. The lowest BCUT2D eigenvalue weighted by molar-refractivity contribution is -0.199. The van der Waals surface area contributed by atoms with Crippen LogP contribution in [-0.2, 0) is 14.3 Å². The molecule has 2 N–H and O–H groups in total. The van der Waals surface area contributed by atoms with Gasteiger partial charge in [0.2, 0.25) is 0 Å². The summed E-state index contributed by atoms with van der Waals surface area (Å²) in [6.07, 6.45) is 9.66. The third kappa shape index (κ3) is 2.65. The van der Waals surface area contributed by atoms with Gasteiger partial charge in [-0.3, -0.25) is 4.79 Å². The lowest BCUT2D eigenvalue weighted by Crippen LogP contribution is -2.63. The summed E-state index contributed by atoms with van der Waals surface area (Å²) in [6, 6.07) is 0. The number of aliphatic hydroxyl groups is 2. The van der Waals surface area contributed by atoms with Gasteiger partial charge in [0, 0.05) is 5.41 Å². The van der Waals surface area contributed by atoms with E-state index in [2.05, 4.69) is 32.1 Å². The Bertz CT molecular complexity index is 759. The molecular formula is C25H38O5. The smallest absolute Gasteiger partial charge is 0.193 e. The predicted octanol–water partition coefficient (Wildman–Crippen LogP) is 3.78. The van der Waals surface area contributed by atoms with E-state index in [0.29, 0.717) is 12.3 Å². The fourth-order valence-electron chi connectivity index (χ4n) is 8.05. The van der Waals surface area contributed by atoms with Crippen LogP contribution in [0.2, 0.25) is 0 Å². The van der Waals surface area contributed by atoms with E-state index in [-0.39, 0.29) is 29.1 Å². The third-order valence-corrected chi connectivity index (χ3v) is 9.07. The molecule has 168 valence electrons. The van der Waals surface area contributed by atoms with Crippen molar-refractivity contribution in [1.82, 2.24) is 0 Å². The van der Waals surface area contributed by atoms with Crippen LogP contribution in [0.1, 0.15) is 66.7 Å². The molecule has 0 aromatic heterocycles. The Morgan fingerprint density at radius 2 is 2.03 bits per heavy atom. The molecule has 5 aliphatic rings. The topological polar surface area (TPSA) is 76.0 Å². The summed E-state index contributed by atoms with van der Waals surface area (Å²) in [5, 5.41) is 21.2. The molecule has 1 heterocycles. The molecular weight excluding hydrogens is 380 g/mol. The van der Waals surface area contributed by atoms with Crippen LogP contribution < -0.4 is 0 Å². The Hall–Kier alpha value is -1.01. The molecule has 1 saturated heterocycles. The molecule has 0 amide bonds. The maximum atomic E-state index is 13.0. The van der Waals surface area contributed by atoms with Gasteiger partial charge in [-0.25, -0.2) is 0 Å². The first-order valence-corrected chi connectivity index (χ1v) is 11.8. The fourth-order valence-corrected chi connectivity index (χ4v) is 8.05. The van der Waals surface area contributed by atoms with Gasteiger partial charge in [-0.2, -0.15) is 0 Å². The molecule has 5 nitrogen and oxygen atoms in total. The van der Waals surface area contributed by atoms with Gasteiger partial charge in [0.15, 0.2) is 17.7 Å². The average Bonchev–Trinajstić information content (AvgIpc) is 3.18. The monoisotopic (exact) mass is 418 g/mol. The van der Waals surface area contributed by atoms with Crippen molar-refractivity contribution < 1.29 is 24.5 Å². The molecule has 0 spiro atoms. The number of ether oxygens (including phenoxy) is 2. The second-order valence-electron chi connectivity index (χ2n) is 10.1. The molecule has 4 fully saturated rings. The van der Waals surface area contributed by atoms with Crippen molar-refractivity contribution in [2.75, 3.05) is 6.61 Å². The van der Waals surface area contributed by atoms with Gasteiger partial charge < -0.3 is 19.7 Å². The summed E-state index contributed by atoms with van der Waals surface area (Å²) in [6.45, 7) is 9.68. The minimum absolute atomic E-state index is 0.0146. The van der Waals surface area contributed by atoms with Crippen molar-refractivity contribution >= 4 is 5.78 Å². The minimum Gasteiger partial charge on any atom is -0.393 e. The van der Waals surface area contributed by atoms with Crippen LogP contribution in [0.25, 0.3) is 0 Å². The summed E-state index contributed by atoms with van der Waals surface area (Å²) < 4.78 is 12.2. The van der Waals surface area contributed by atoms with Gasteiger partial charge in [-0.15, -0.1) is 0 Å². The molecule has 3 saturated carbocycles. The first-order valence-electron chi connectivity index (χ1n) is 11.8. The lowest BCUT2D eigenvalue weighted by atomic mass is 9.45. The number of ketones is 1. The molecule has 4 aliphatic carbocycles. The second-order valence-corrected chi connectivity index (χ2v) is 10.1. The highest BCUT2D eigenvalue weighted by atomic mass is 16.7. The van der Waals surface area contributed by atoms with Gasteiger partial charge in [-0.05, 0) is 62.2 Å². The van der Waals surface area contributed by atoms with Gasteiger partial charge in [-0.1, -0.05) is 51.5 Å². The summed E-state index contributed by atoms with van der Waals surface area (Å²) in [5.74, 6) is 0.478. The van der Waals surface area contributed by atoms with Gasteiger partial charge in [0.1, 0.15) is 6.61 Å². The van der Waals surface area contributed by atoms with Crippen molar-refractivity contribution in [1.29, 1.82) is 0 Å². The Morgan fingerprint density at radius 1 is 1.30 bits per heavy atom. The van der Waals surface area contributed by atoms with Crippen molar-refractivity contribution in [3.05, 3.63) is 23.8 Å². The van der Waals surface area contributed by atoms with E-state index in [9.17, 15) is 15.0 Å². The molecule has 9 atom stereocenters. The molecule has 0 bridgehead atoms. The van der Waals surface area contributed by atoms with E-state index in [1.807, 2.05) is 20.8 Å². The molecule has 0 radical (unpaired) electrons. The van der Waals surface area contributed by atoms with Gasteiger partial charge in [0.25, 0.3) is 0 Å². The molecule has 0 aromatic carbocycles. The highest BCUT2D eigenvalue weighted by Gasteiger charge is 2.75. The van der Waals surface area contributed by atoms with Crippen LogP contribution in [0, 0.1) is 28.6 Å². The number of allylic oxidation sites excluding steroid dienone is 4. The zero-order valence-corrected chi connectivity index (χ0v) is 19.1. The zero-order chi connectivity index (χ0) is 21.9. The highest BCUT2D eigenvalue weighted by molar-refractivity contribution is 5.91. The van der Waals surface area contributed by atoms with E-state index in [1.54, 1.807) is 0 Å². The van der Waals surface area contributed by atoms with E-state index >= 15 is 0 Å². The maximum absolute atomic E-state index is 13.0. The predicted molar refractivity (Wildman–Crippen MR) is 115 cm³/mol. The van der Waals surface area contributed by atoms with Gasteiger partial charge >= 0.3 is 0 Å². The quantitative estimate of drug-likeness (QED) is 0.714. The van der Waals surface area contributed by atoms with E-state index in [0.717, 1.165) is 25.7 Å². The Morgan fingerprint density at radius 3 is 2.73 bits per heavy atom. The Balaban J connectivity index is 0.00000106. The summed E-state index contributed by atoms with van der Waals surface area (Å²) in [4.78, 5) is 13.0. The summed E-state index contributed by atoms with van der Waals surface area (Å²) >= 11 is 0. The number of hydrogen-bond acceptors (Lipinski definition) is 5. The molecule has 1 unspecified atom stereocenters. The summed E-state index contributed by atoms with van der Waals surface area (Å²) in [5.41, 5.74) is -0.217. The number of rotatable bonds is 2. The van der Waals surface area contributed by atoms with Crippen LogP contribution in [-0.4, -0.2) is 46.7 Å². The number of carbonyl (C=O) groups excluding carboxylic acids is 1. The molecule has 5 rings (SSSR count). The molecule has 30 heavy (non-hydrogen) atoms. The van der Waals surface area contributed by atoms with Crippen molar-refractivity contribution in [2.24, 2.45) is 28.6 Å². The first-order chi connectivity index (χ1) is 14.3. The van der Waals surface area contributed by atoms with Gasteiger partial charge in [0.05, 0.1) is 12.2 Å². The largest absolute Gasteiger partial charge is 0.393 e. The van der Waals surface area contributed by atoms with Crippen LogP contribution in [0.5, 0.6) is 0 Å². The number of aliphatic hydroxyl groups excluding tert-OH is 2. The zero-order valence-electron chi connectivity index (χ0n) is 19.1. The standard InChI is InChI=1S/C23H32O5.C2H6/c1-13-27-19-10-16-15-8-7-14-6-4-5-9-21(14,2)20(15)17(25)11-22(16,3)23(19,28-13)18(26)12-24;1-2/h4-6,13,15-17,19-20,24-25H,7-12H2,1-3H3;1-2H3/t13?,15-,16-,17-,19+,20+,21-,22-,23+;/m0./s1. The molecule has 5 heteroatoms. The fraction of sp³-hybridized carbons (Fsp3) is 0.800. The minimum atomic E-state index is -1.14. The van der Waals surface area contributed by atoms with E-state index in [4.69, 9.17) is 9.47 Å². The molecule has 1 aliphatic heterocycles. The number of fused-ring (bicyclic) bond motifs is 7. The normalized spacial score (nSPS) is 51.0. The van der Waals surface area contributed by atoms with Crippen LogP contribution >= 0.6 is 0 Å². The highest BCUT2D eigenvalue weighted by Crippen LogP contribution is 2.69. The number of carbonyl (C=O) groups is 1. The van der Waals surface area contributed by atoms with E-state index < -0.39 is 30.0 Å². The number of Topliss-reactive ketones (excluding diaryl/α,β-unsaturated/α-hetero) is 1. The first kappa shape index (κ1) is 22.2. The SMILES string of the molecule is CC.CC1O[C@@H]2C[C@H]3[C@@H]4CCC5=CC=CC[C@]5(C)[C@H]4[C@@H](O)C[C@]3(C)[C@]2(C(=O)CO)O1. The van der Waals surface area contributed by atoms with Crippen LogP contribution in [0.3, 0.4) is 0 Å². The van der Waals surface area contributed by atoms with Crippen LogP contribution in [0.15, 0.2) is 23.8 Å².